The van der Waals surface area contributed by atoms with E-state index in [1.54, 1.807) is 0 Å². The minimum atomic E-state index is 0.511. The molecule has 0 amide bonds. The minimum Gasteiger partial charge on any atom is -0.309 e. The van der Waals surface area contributed by atoms with E-state index < -0.39 is 0 Å². The van der Waals surface area contributed by atoms with Crippen LogP contribution in [0.25, 0.3) is 0 Å². The van der Waals surface area contributed by atoms with Crippen molar-refractivity contribution in [2.75, 3.05) is 6.54 Å². The highest BCUT2D eigenvalue weighted by Gasteiger charge is 2.43. The molecule has 3 rings (SSSR count). The van der Waals surface area contributed by atoms with Gasteiger partial charge >= 0.3 is 0 Å². The second kappa shape index (κ2) is 4.69. The molecule has 18 heavy (non-hydrogen) atoms. The average Bonchev–Trinajstić information content (AvgIpc) is 3.01. The Kier molecular flexibility index (Phi) is 3.18. The predicted octanol–water partition coefficient (Wildman–Crippen LogP) is 2.82. The van der Waals surface area contributed by atoms with Gasteiger partial charge in [0, 0.05) is 7.05 Å². The molecule has 4 unspecified atom stereocenters. The predicted molar refractivity (Wildman–Crippen MR) is 73.3 cm³/mol. The molecular weight excluding hydrogens is 222 g/mol. The van der Waals surface area contributed by atoms with E-state index in [0.29, 0.717) is 6.04 Å². The van der Waals surface area contributed by atoms with Crippen molar-refractivity contribution in [3.63, 3.8) is 0 Å². The third kappa shape index (κ3) is 1.99. The molecule has 1 N–H and O–H groups in total. The molecule has 3 nitrogen and oxygen atoms in total. The molecule has 0 aliphatic heterocycles. The Morgan fingerprint density at radius 2 is 2.28 bits per heavy atom. The van der Waals surface area contributed by atoms with Gasteiger partial charge in [-0.1, -0.05) is 13.3 Å². The Morgan fingerprint density at radius 1 is 1.44 bits per heavy atom. The normalized spacial score (nSPS) is 32.1. The van der Waals surface area contributed by atoms with Crippen LogP contribution in [0.3, 0.4) is 0 Å². The summed E-state index contributed by atoms with van der Waals surface area (Å²) in [7, 11) is 2.08. The molecule has 2 saturated carbocycles. The van der Waals surface area contributed by atoms with E-state index in [1.165, 1.54) is 31.4 Å². The van der Waals surface area contributed by atoms with E-state index >= 15 is 0 Å². The van der Waals surface area contributed by atoms with Crippen LogP contribution in [-0.2, 0) is 7.05 Å². The zero-order valence-corrected chi connectivity index (χ0v) is 11.8. The number of hydrogen-bond donors (Lipinski definition) is 1. The molecular formula is C15H25N3. The zero-order chi connectivity index (χ0) is 12.7. The minimum absolute atomic E-state index is 0.511. The molecule has 4 atom stereocenters. The summed E-state index contributed by atoms with van der Waals surface area (Å²) in [4.78, 5) is 0. The van der Waals surface area contributed by atoms with Gasteiger partial charge in [0.25, 0.3) is 0 Å². The van der Waals surface area contributed by atoms with Crippen molar-refractivity contribution in [2.24, 2.45) is 24.8 Å². The summed E-state index contributed by atoms with van der Waals surface area (Å²) in [6.07, 6.45) is 5.83. The molecule has 0 radical (unpaired) electrons. The molecule has 1 aromatic rings. The van der Waals surface area contributed by atoms with Crippen LogP contribution in [0.15, 0.2) is 6.07 Å². The van der Waals surface area contributed by atoms with Gasteiger partial charge in [-0.2, -0.15) is 5.10 Å². The highest BCUT2D eigenvalue weighted by Crippen LogP contribution is 2.52. The quantitative estimate of drug-likeness (QED) is 0.886. The summed E-state index contributed by atoms with van der Waals surface area (Å²) in [5.74, 6) is 2.79. The number of hydrogen-bond acceptors (Lipinski definition) is 2. The van der Waals surface area contributed by atoms with Crippen LogP contribution in [0.1, 0.15) is 50.0 Å². The van der Waals surface area contributed by atoms with Gasteiger partial charge in [-0.25, -0.2) is 0 Å². The van der Waals surface area contributed by atoms with Crippen LogP contribution < -0.4 is 5.32 Å². The number of rotatable bonds is 4. The fourth-order valence-corrected chi connectivity index (χ4v) is 4.32. The zero-order valence-electron chi connectivity index (χ0n) is 11.8. The van der Waals surface area contributed by atoms with Crippen molar-refractivity contribution in [2.45, 2.75) is 45.6 Å². The molecule has 3 heteroatoms. The maximum atomic E-state index is 4.52. The monoisotopic (exact) mass is 247 g/mol. The van der Waals surface area contributed by atoms with Gasteiger partial charge in [-0.05, 0) is 56.6 Å². The molecule has 2 fully saturated rings. The Bertz CT molecular complexity index is 423. The van der Waals surface area contributed by atoms with Gasteiger partial charge in [0.15, 0.2) is 0 Å². The lowest BCUT2D eigenvalue weighted by Crippen LogP contribution is -2.32. The van der Waals surface area contributed by atoms with Crippen LogP contribution in [0.2, 0.25) is 0 Å². The van der Waals surface area contributed by atoms with Crippen LogP contribution in [0, 0.1) is 24.7 Å². The van der Waals surface area contributed by atoms with Crippen molar-refractivity contribution >= 4 is 0 Å². The van der Waals surface area contributed by atoms with Crippen molar-refractivity contribution in [1.82, 2.24) is 15.1 Å². The summed E-state index contributed by atoms with van der Waals surface area (Å²) in [5, 5.41) is 8.24. The molecule has 1 heterocycles. The summed E-state index contributed by atoms with van der Waals surface area (Å²) in [5.41, 5.74) is 2.52. The van der Waals surface area contributed by atoms with Crippen LogP contribution >= 0.6 is 0 Å². The molecule has 100 valence electrons. The van der Waals surface area contributed by atoms with Crippen LogP contribution in [0.4, 0.5) is 0 Å². The molecule has 2 aliphatic rings. The molecule has 2 bridgehead atoms. The van der Waals surface area contributed by atoms with Gasteiger partial charge in [-0.3, -0.25) is 4.68 Å². The van der Waals surface area contributed by atoms with Gasteiger partial charge in [0.2, 0.25) is 0 Å². The maximum Gasteiger partial charge on any atom is 0.0597 e. The highest BCUT2D eigenvalue weighted by molar-refractivity contribution is 5.16. The number of aryl methyl sites for hydroxylation is 2. The van der Waals surface area contributed by atoms with E-state index in [9.17, 15) is 0 Å². The van der Waals surface area contributed by atoms with Crippen molar-refractivity contribution in [1.29, 1.82) is 0 Å². The lowest BCUT2D eigenvalue weighted by molar-refractivity contribution is 0.245. The number of nitrogens with zero attached hydrogens (tertiary/aromatic N) is 2. The summed E-state index contributed by atoms with van der Waals surface area (Å²) < 4.78 is 2.08. The fraction of sp³-hybridized carbons (Fsp3) is 0.800. The van der Waals surface area contributed by atoms with Crippen LogP contribution in [-0.4, -0.2) is 16.3 Å². The first kappa shape index (κ1) is 12.2. The van der Waals surface area contributed by atoms with Crippen molar-refractivity contribution in [3.05, 3.63) is 17.5 Å². The lowest BCUT2D eigenvalue weighted by atomic mass is 9.82. The standard InChI is InChI=1S/C15H25N3/c1-4-16-15(14-7-10(2)17-18(14)3)13-9-11-5-6-12(13)8-11/h7,11-13,15-16H,4-6,8-9H2,1-3H3. The average molecular weight is 247 g/mol. The van der Waals surface area contributed by atoms with Crippen LogP contribution in [0.5, 0.6) is 0 Å². The number of fused-ring (bicyclic) bond motifs is 2. The Labute approximate surface area is 110 Å². The number of aromatic nitrogens is 2. The summed E-state index contributed by atoms with van der Waals surface area (Å²) in [6.45, 7) is 5.35. The summed E-state index contributed by atoms with van der Waals surface area (Å²) in [6, 6.07) is 2.77. The largest absolute Gasteiger partial charge is 0.309 e. The SMILES string of the molecule is CCNC(c1cc(C)nn1C)C1CC2CCC1C2. The molecule has 2 aliphatic carbocycles. The van der Waals surface area contributed by atoms with Crippen molar-refractivity contribution in [3.8, 4) is 0 Å². The topological polar surface area (TPSA) is 29.9 Å². The van der Waals surface area contributed by atoms with Gasteiger partial charge in [0.1, 0.15) is 0 Å². The van der Waals surface area contributed by atoms with E-state index in [-0.39, 0.29) is 0 Å². The van der Waals surface area contributed by atoms with Crippen molar-refractivity contribution < 1.29 is 0 Å². The Balaban J connectivity index is 1.86. The van der Waals surface area contributed by atoms with E-state index in [4.69, 9.17) is 0 Å². The molecule has 0 aromatic carbocycles. The molecule has 0 saturated heterocycles. The second-order valence-electron chi connectivity index (χ2n) is 6.21. The highest BCUT2D eigenvalue weighted by atomic mass is 15.3. The Morgan fingerprint density at radius 3 is 2.78 bits per heavy atom. The third-order valence-electron chi connectivity index (χ3n) is 5.00. The lowest BCUT2D eigenvalue weighted by Gasteiger charge is -2.31. The number of nitrogens with one attached hydrogen (secondary N) is 1. The summed E-state index contributed by atoms with van der Waals surface area (Å²) >= 11 is 0. The second-order valence-corrected chi connectivity index (χ2v) is 6.21. The Hall–Kier alpha value is -0.830. The maximum absolute atomic E-state index is 4.52. The fourth-order valence-electron chi connectivity index (χ4n) is 4.32. The smallest absolute Gasteiger partial charge is 0.0597 e. The third-order valence-corrected chi connectivity index (χ3v) is 5.00. The first-order chi connectivity index (χ1) is 8.69. The van der Waals surface area contributed by atoms with E-state index in [2.05, 4.69) is 42.1 Å². The van der Waals surface area contributed by atoms with Gasteiger partial charge in [0.05, 0.1) is 17.4 Å². The van der Waals surface area contributed by atoms with Gasteiger partial charge in [-0.15, -0.1) is 0 Å². The van der Waals surface area contributed by atoms with E-state index in [0.717, 1.165) is 30.0 Å². The first-order valence-electron chi connectivity index (χ1n) is 7.43. The van der Waals surface area contributed by atoms with E-state index in [1.807, 2.05) is 0 Å². The molecule has 1 aromatic heterocycles. The van der Waals surface area contributed by atoms with Gasteiger partial charge < -0.3 is 5.32 Å². The first-order valence-corrected chi connectivity index (χ1v) is 7.43. The molecule has 0 spiro atoms.